The number of likely N-dealkylation sites (N-methyl/N-ethyl adjacent to an activating group) is 1. The van der Waals surface area contributed by atoms with Crippen molar-refractivity contribution in [3.63, 3.8) is 0 Å². The summed E-state index contributed by atoms with van der Waals surface area (Å²) in [5.41, 5.74) is 9.27. The molecule has 0 saturated heterocycles. The van der Waals surface area contributed by atoms with Crippen molar-refractivity contribution in [1.82, 2.24) is 29.9 Å². The Labute approximate surface area is 154 Å². The third kappa shape index (κ3) is 3.08. The van der Waals surface area contributed by atoms with Crippen LogP contribution in [0.25, 0.3) is 33.1 Å². The van der Waals surface area contributed by atoms with Crippen molar-refractivity contribution < 1.29 is 9.90 Å². The molecule has 9 nitrogen and oxygen atoms in total. The molecule has 0 spiro atoms. The van der Waals surface area contributed by atoms with Crippen LogP contribution in [0.15, 0.2) is 36.7 Å². The number of nitrogens with zero attached hydrogens (tertiary/aromatic N) is 5. The van der Waals surface area contributed by atoms with Gasteiger partial charge in [-0.1, -0.05) is 12.1 Å². The quantitative estimate of drug-likeness (QED) is 0.484. The molecule has 0 aliphatic carbocycles. The van der Waals surface area contributed by atoms with Gasteiger partial charge in [-0.05, 0) is 12.1 Å². The van der Waals surface area contributed by atoms with Crippen LogP contribution in [0.3, 0.4) is 0 Å². The van der Waals surface area contributed by atoms with Crippen LogP contribution in [0.5, 0.6) is 0 Å². The second kappa shape index (κ2) is 6.69. The van der Waals surface area contributed by atoms with Crippen molar-refractivity contribution in [3.8, 4) is 11.3 Å². The first-order valence-corrected chi connectivity index (χ1v) is 8.48. The molecule has 138 valence electrons. The number of aromatic nitrogens is 5. The Morgan fingerprint density at radius 3 is 2.93 bits per heavy atom. The highest BCUT2D eigenvalue weighted by molar-refractivity contribution is 6.08. The van der Waals surface area contributed by atoms with Gasteiger partial charge < -0.3 is 15.7 Å². The Balaban J connectivity index is 1.75. The van der Waals surface area contributed by atoms with E-state index in [1.807, 2.05) is 24.3 Å². The second-order valence-corrected chi connectivity index (χ2v) is 6.33. The fraction of sp³-hybridized carbons (Fsp3) is 0.222. The SMILES string of the molecule is CN(CCO)C(=O)Cn1cc2c(n1)c(N)nc1cc(-c3ccn[nH]3)ccc12. The zero-order valence-corrected chi connectivity index (χ0v) is 14.8. The lowest BCUT2D eigenvalue weighted by atomic mass is 10.1. The number of H-pyrrole nitrogens is 1. The number of anilines is 1. The molecule has 4 N–H and O–H groups in total. The average molecular weight is 365 g/mol. The predicted octanol–water partition coefficient (Wildman–Crippen LogP) is 1.01. The zero-order chi connectivity index (χ0) is 19.0. The number of rotatable bonds is 5. The third-order valence-corrected chi connectivity index (χ3v) is 4.50. The van der Waals surface area contributed by atoms with E-state index < -0.39 is 0 Å². The van der Waals surface area contributed by atoms with Gasteiger partial charge in [0.15, 0.2) is 5.82 Å². The first-order valence-electron chi connectivity index (χ1n) is 8.48. The molecule has 27 heavy (non-hydrogen) atoms. The maximum Gasteiger partial charge on any atom is 0.244 e. The fourth-order valence-corrected chi connectivity index (χ4v) is 3.04. The predicted molar refractivity (Wildman–Crippen MR) is 102 cm³/mol. The number of aliphatic hydroxyl groups is 1. The van der Waals surface area contributed by atoms with Crippen LogP contribution in [-0.2, 0) is 11.3 Å². The van der Waals surface area contributed by atoms with Gasteiger partial charge in [0.1, 0.15) is 12.1 Å². The minimum absolute atomic E-state index is 0.0678. The highest BCUT2D eigenvalue weighted by atomic mass is 16.3. The third-order valence-electron chi connectivity index (χ3n) is 4.50. The molecule has 4 aromatic rings. The molecule has 0 aliphatic rings. The highest BCUT2D eigenvalue weighted by Crippen LogP contribution is 2.29. The van der Waals surface area contributed by atoms with Gasteiger partial charge in [-0.25, -0.2) is 4.98 Å². The summed E-state index contributed by atoms with van der Waals surface area (Å²) in [4.78, 5) is 18.1. The zero-order valence-electron chi connectivity index (χ0n) is 14.8. The number of nitrogens with one attached hydrogen (secondary N) is 1. The summed E-state index contributed by atoms with van der Waals surface area (Å²) in [6.45, 7) is 0.268. The van der Waals surface area contributed by atoms with Crippen LogP contribution in [0.2, 0.25) is 0 Å². The number of carbonyl (C=O) groups is 1. The molecular weight excluding hydrogens is 346 g/mol. The molecule has 3 aromatic heterocycles. The largest absolute Gasteiger partial charge is 0.395 e. The number of carbonyl (C=O) groups excluding carboxylic acids is 1. The molecule has 1 amide bonds. The number of benzene rings is 1. The molecule has 0 radical (unpaired) electrons. The standard InChI is InChI=1S/C18H19N7O2/c1-24(6-7-26)16(27)10-25-9-13-12-3-2-11(14-4-5-20-22-14)8-15(12)21-18(19)17(13)23-25/h2-5,8-9,26H,6-7,10H2,1H3,(H2,19,21)(H,20,22). The van der Waals surface area contributed by atoms with E-state index in [0.29, 0.717) is 11.3 Å². The number of nitrogens with two attached hydrogens (primary N) is 1. The van der Waals surface area contributed by atoms with Gasteiger partial charge in [0, 0.05) is 42.3 Å². The van der Waals surface area contributed by atoms with Crippen LogP contribution >= 0.6 is 0 Å². The number of amides is 1. The lowest BCUT2D eigenvalue weighted by molar-refractivity contribution is -0.131. The van der Waals surface area contributed by atoms with E-state index in [-0.39, 0.29) is 25.6 Å². The number of aliphatic hydroxyl groups excluding tert-OH is 1. The Kier molecular flexibility index (Phi) is 4.21. The molecule has 0 fully saturated rings. The van der Waals surface area contributed by atoms with E-state index in [4.69, 9.17) is 10.8 Å². The van der Waals surface area contributed by atoms with Crippen molar-refractivity contribution in [2.45, 2.75) is 6.54 Å². The molecule has 3 heterocycles. The van der Waals surface area contributed by atoms with Crippen LogP contribution in [0.4, 0.5) is 5.82 Å². The van der Waals surface area contributed by atoms with Gasteiger partial charge in [-0.3, -0.25) is 14.6 Å². The van der Waals surface area contributed by atoms with Gasteiger partial charge in [0.25, 0.3) is 0 Å². The lowest BCUT2D eigenvalue weighted by Crippen LogP contribution is -2.32. The Hall–Kier alpha value is -3.46. The number of hydrogen-bond donors (Lipinski definition) is 3. The monoisotopic (exact) mass is 365 g/mol. The van der Waals surface area contributed by atoms with Crippen molar-refractivity contribution >= 4 is 33.5 Å². The van der Waals surface area contributed by atoms with E-state index >= 15 is 0 Å². The van der Waals surface area contributed by atoms with Crippen molar-refractivity contribution in [1.29, 1.82) is 0 Å². The maximum atomic E-state index is 12.2. The van der Waals surface area contributed by atoms with E-state index in [1.54, 1.807) is 24.1 Å². The molecule has 0 unspecified atom stereocenters. The molecular formula is C18H19N7O2. The van der Waals surface area contributed by atoms with Crippen molar-refractivity contribution in [2.24, 2.45) is 0 Å². The van der Waals surface area contributed by atoms with Crippen LogP contribution in [0.1, 0.15) is 0 Å². The Bertz CT molecular complexity index is 1120. The lowest BCUT2D eigenvalue weighted by Gasteiger charge is -2.15. The van der Waals surface area contributed by atoms with Crippen LogP contribution in [0, 0.1) is 0 Å². The molecule has 0 aliphatic heterocycles. The molecule has 0 atom stereocenters. The Morgan fingerprint density at radius 1 is 1.33 bits per heavy atom. The number of fused-ring (bicyclic) bond motifs is 3. The summed E-state index contributed by atoms with van der Waals surface area (Å²) in [5, 5.41) is 22.0. The molecule has 9 heteroatoms. The highest BCUT2D eigenvalue weighted by Gasteiger charge is 2.15. The fourth-order valence-electron chi connectivity index (χ4n) is 3.04. The van der Waals surface area contributed by atoms with Crippen LogP contribution < -0.4 is 5.73 Å². The van der Waals surface area contributed by atoms with E-state index in [2.05, 4.69) is 20.3 Å². The summed E-state index contributed by atoms with van der Waals surface area (Å²) in [6, 6.07) is 7.77. The Morgan fingerprint density at radius 2 is 2.19 bits per heavy atom. The normalized spacial score (nSPS) is 11.3. The number of aromatic amines is 1. The van der Waals surface area contributed by atoms with Crippen molar-refractivity contribution in [3.05, 3.63) is 36.7 Å². The second-order valence-electron chi connectivity index (χ2n) is 6.33. The molecule has 0 saturated carbocycles. The molecule has 1 aromatic carbocycles. The summed E-state index contributed by atoms with van der Waals surface area (Å²) >= 11 is 0. The van der Waals surface area contributed by atoms with E-state index in [0.717, 1.165) is 27.5 Å². The van der Waals surface area contributed by atoms with Gasteiger partial charge >= 0.3 is 0 Å². The minimum atomic E-state index is -0.144. The first-order chi connectivity index (χ1) is 13.1. The number of nitrogen functional groups attached to an aromatic ring is 1. The number of hydrogen-bond acceptors (Lipinski definition) is 6. The van der Waals surface area contributed by atoms with Gasteiger partial charge in [-0.2, -0.15) is 10.2 Å². The van der Waals surface area contributed by atoms with Crippen LogP contribution in [-0.4, -0.2) is 61.1 Å². The first kappa shape index (κ1) is 17.0. The number of pyridine rings is 1. The minimum Gasteiger partial charge on any atom is -0.395 e. The topological polar surface area (TPSA) is 126 Å². The van der Waals surface area contributed by atoms with E-state index in [1.165, 1.54) is 4.90 Å². The molecule has 0 bridgehead atoms. The van der Waals surface area contributed by atoms with E-state index in [9.17, 15) is 4.79 Å². The maximum absolute atomic E-state index is 12.2. The smallest absolute Gasteiger partial charge is 0.244 e. The summed E-state index contributed by atoms with van der Waals surface area (Å²) in [5.74, 6) is 0.170. The van der Waals surface area contributed by atoms with Gasteiger partial charge in [0.05, 0.1) is 17.8 Å². The van der Waals surface area contributed by atoms with Crippen molar-refractivity contribution in [2.75, 3.05) is 25.9 Å². The summed E-state index contributed by atoms with van der Waals surface area (Å²) < 4.78 is 1.56. The van der Waals surface area contributed by atoms with Gasteiger partial charge in [-0.15, -0.1) is 0 Å². The summed E-state index contributed by atoms with van der Waals surface area (Å²) in [7, 11) is 1.64. The summed E-state index contributed by atoms with van der Waals surface area (Å²) in [6.07, 6.45) is 3.50. The van der Waals surface area contributed by atoms with Gasteiger partial charge in [0.2, 0.25) is 5.91 Å². The average Bonchev–Trinajstić information content (AvgIpc) is 3.31. The molecule has 4 rings (SSSR count).